The summed E-state index contributed by atoms with van der Waals surface area (Å²) < 4.78 is 0. The number of carboxylic acid groups (broad SMARTS) is 1. The Morgan fingerprint density at radius 2 is 2.00 bits per heavy atom. The van der Waals surface area contributed by atoms with Crippen LogP contribution >= 0.6 is 23.2 Å². The first-order chi connectivity index (χ1) is 9.47. The fourth-order valence-electron chi connectivity index (χ4n) is 1.94. The van der Waals surface area contributed by atoms with Crippen molar-refractivity contribution >= 4 is 29.2 Å². The van der Waals surface area contributed by atoms with Crippen LogP contribution in [0.3, 0.4) is 0 Å². The lowest BCUT2D eigenvalue weighted by Gasteiger charge is -2.09. The predicted octanol–water partition coefficient (Wildman–Crippen LogP) is 4.38. The van der Waals surface area contributed by atoms with E-state index in [1.807, 2.05) is 19.1 Å². The molecular weight excluding hydrogens is 297 g/mol. The summed E-state index contributed by atoms with van der Waals surface area (Å²) in [6.07, 6.45) is 0.567. The molecule has 0 fully saturated rings. The molecule has 2 aromatic rings. The Hall–Kier alpha value is -1.58. The standard InChI is InChI=1S/C15H13Cl2NO2/c1-9-10(3-7-15(19)20)2-6-14(18-9)12-8-11(16)4-5-13(12)17/h2,4-6,8H,3,7H2,1H3,(H,19,20). The number of hydrogen-bond acceptors (Lipinski definition) is 2. The van der Waals surface area contributed by atoms with Crippen molar-refractivity contribution < 1.29 is 9.90 Å². The molecule has 0 aliphatic carbocycles. The number of pyridine rings is 1. The fourth-order valence-corrected chi connectivity index (χ4v) is 2.33. The largest absolute Gasteiger partial charge is 0.481 e. The van der Waals surface area contributed by atoms with Gasteiger partial charge >= 0.3 is 5.97 Å². The number of nitrogens with zero attached hydrogens (tertiary/aromatic N) is 1. The van der Waals surface area contributed by atoms with E-state index in [1.54, 1.807) is 18.2 Å². The average Bonchev–Trinajstić information content (AvgIpc) is 2.40. The predicted molar refractivity (Wildman–Crippen MR) is 80.4 cm³/mol. The zero-order chi connectivity index (χ0) is 14.7. The molecule has 0 aliphatic heterocycles. The van der Waals surface area contributed by atoms with Crippen molar-refractivity contribution in [1.82, 2.24) is 4.98 Å². The second kappa shape index (κ2) is 6.25. The van der Waals surface area contributed by atoms with Gasteiger partial charge in [0.25, 0.3) is 0 Å². The number of hydrogen-bond donors (Lipinski definition) is 1. The third-order valence-corrected chi connectivity index (χ3v) is 3.57. The van der Waals surface area contributed by atoms with Crippen molar-refractivity contribution in [3.05, 3.63) is 51.6 Å². The number of aryl methyl sites for hydroxylation is 2. The van der Waals surface area contributed by atoms with E-state index < -0.39 is 5.97 Å². The highest BCUT2D eigenvalue weighted by Gasteiger charge is 2.09. The van der Waals surface area contributed by atoms with E-state index in [2.05, 4.69) is 4.98 Å². The van der Waals surface area contributed by atoms with Crippen molar-refractivity contribution in [2.24, 2.45) is 0 Å². The molecule has 104 valence electrons. The Bertz CT molecular complexity index is 656. The van der Waals surface area contributed by atoms with Gasteiger partial charge in [-0.25, -0.2) is 0 Å². The molecule has 0 atom stereocenters. The maximum Gasteiger partial charge on any atom is 0.303 e. The normalized spacial score (nSPS) is 10.6. The van der Waals surface area contributed by atoms with E-state index in [4.69, 9.17) is 28.3 Å². The molecule has 1 aromatic heterocycles. The average molecular weight is 310 g/mol. The van der Waals surface area contributed by atoms with Crippen LogP contribution in [-0.2, 0) is 11.2 Å². The lowest BCUT2D eigenvalue weighted by molar-refractivity contribution is -0.136. The van der Waals surface area contributed by atoms with Crippen LogP contribution in [0.1, 0.15) is 17.7 Å². The molecule has 0 aliphatic rings. The van der Waals surface area contributed by atoms with Gasteiger partial charge in [0.15, 0.2) is 0 Å². The van der Waals surface area contributed by atoms with Gasteiger partial charge in [-0.05, 0) is 43.2 Å². The minimum atomic E-state index is -0.814. The van der Waals surface area contributed by atoms with Gasteiger partial charge in [0.05, 0.1) is 10.7 Å². The zero-order valence-electron chi connectivity index (χ0n) is 10.9. The Kier molecular flexibility index (Phi) is 4.63. The van der Waals surface area contributed by atoms with Gasteiger partial charge in [-0.3, -0.25) is 9.78 Å². The molecule has 5 heteroatoms. The molecule has 0 radical (unpaired) electrons. The molecule has 0 saturated carbocycles. The summed E-state index contributed by atoms with van der Waals surface area (Å²) in [4.78, 5) is 15.1. The monoisotopic (exact) mass is 309 g/mol. The number of aromatic nitrogens is 1. The first-order valence-electron chi connectivity index (χ1n) is 6.11. The SMILES string of the molecule is Cc1nc(-c2cc(Cl)ccc2Cl)ccc1CCC(=O)O. The highest BCUT2D eigenvalue weighted by atomic mass is 35.5. The molecule has 2 rings (SSSR count). The molecule has 1 N–H and O–H groups in total. The van der Waals surface area contributed by atoms with Crippen LogP contribution in [0.15, 0.2) is 30.3 Å². The number of carboxylic acids is 1. The van der Waals surface area contributed by atoms with E-state index in [1.165, 1.54) is 0 Å². The maximum absolute atomic E-state index is 10.6. The lowest BCUT2D eigenvalue weighted by Crippen LogP contribution is -2.01. The van der Waals surface area contributed by atoms with Gasteiger partial charge in [-0.2, -0.15) is 0 Å². The van der Waals surface area contributed by atoms with E-state index in [-0.39, 0.29) is 6.42 Å². The molecule has 0 spiro atoms. The van der Waals surface area contributed by atoms with E-state index in [0.29, 0.717) is 16.5 Å². The van der Waals surface area contributed by atoms with E-state index in [9.17, 15) is 4.79 Å². The third-order valence-electron chi connectivity index (χ3n) is 3.01. The van der Waals surface area contributed by atoms with Crippen LogP contribution < -0.4 is 0 Å². The lowest BCUT2D eigenvalue weighted by atomic mass is 10.1. The first-order valence-corrected chi connectivity index (χ1v) is 6.86. The summed E-state index contributed by atoms with van der Waals surface area (Å²) in [5.41, 5.74) is 3.23. The molecule has 0 amide bonds. The first kappa shape index (κ1) is 14.8. The summed E-state index contributed by atoms with van der Waals surface area (Å²) in [5, 5.41) is 9.89. The Balaban J connectivity index is 2.33. The second-order valence-electron chi connectivity index (χ2n) is 4.46. The van der Waals surface area contributed by atoms with Gasteiger partial charge in [0.2, 0.25) is 0 Å². The maximum atomic E-state index is 10.6. The smallest absolute Gasteiger partial charge is 0.303 e. The van der Waals surface area contributed by atoms with Crippen molar-refractivity contribution in [3.63, 3.8) is 0 Å². The fraction of sp³-hybridized carbons (Fsp3) is 0.200. The second-order valence-corrected chi connectivity index (χ2v) is 5.30. The van der Waals surface area contributed by atoms with Crippen LogP contribution in [-0.4, -0.2) is 16.1 Å². The minimum Gasteiger partial charge on any atom is -0.481 e. The summed E-state index contributed by atoms with van der Waals surface area (Å²) in [6.45, 7) is 1.86. The zero-order valence-corrected chi connectivity index (χ0v) is 12.4. The Labute approximate surface area is 127 Å². The highest BCUT2D eigenvalue weighted by Crippen LogP contribution is 2.30. The van der Waals surface area contributed by atoms with Crippen molar-refractivity contribution in [2.45, 2.75) is 19.8 Å². The van der Waals surface area contributed by atoms with Crippen LogP contribution in [0.25, 0.3) is 11.3 Å². The number of aliphatic carboxylic acids is 1. The summed E-state index contributed by atoms with van der Waals surface area (Å²) >= 11 is 12.1. The third kappa shape index (κ3) is 3.50. The number of benzene rings is 1. The summed E-state index contributed by atoms with van der Waals surface area (Å²) in [6, 6.07) is 8.94. The van der Waals surface area contributed by atoms with E-state index in [0.717, 1.165) is 22.5 Å². The van der Waals surface area contributed by atoms with Crippen molar-refractivity contribution in [1.29, 1.82) is 0 Å². The number of rotatable bonds is 4. The Morgan fingerprint density at radius 3 is 2.65 bits per heavy atom. The van der Waals surface area contributed by atoms with Crippen LogP contribution in [0, 0.1) is 6.92 Å². The Morgan fingerprint density at radius 1 is 1.25 bits per heavy atom. The van der Waals surface area contributed by atoms with Gasteiger partial charge in [0, 0.05) is 22.7 Å². The van der Waals surface area contributed by atoms with Gasteiger partial charge in [-0.1, -0.05) is 29.3 Å². The van der Waals surface area contributed by atoms with Gasteiger partial charge in [-0.15, -0.1) is 0 Å². The molecule has 1 aromatic carbocycles. The summed E-state index contributed by atoms with van der Waals surface area (Å²) in [5.74, 6) is -0.814. The van der Waals surface area contributed by atoms with Crippen molar-refractivity contribution in [2.75, 3.05) is 0 Å². The van der Waals surface area contributed by atoms with Crippen LogP contribution in [0.5, 0.6) is 0 Å². The van der Waals surface area contributed by atoms with Gasteiger partial charge < -0.3 is 5.11 Å². The molecule has 0 unspecified atom stereocenters. The molecule has 0 bridgehead atoms. The highest BCUT2D eigenvalue weighted by molar-refractivity contribution is 6.35. The molecule has 3 nitrogen and oxygen atoms in total. The van der Waals surface area contributed by atoms with E-state index >= 15 is 0 Å². The number of halogens is 2. The molecule has 20 heavy (non-hydrogen) atoms. The molecule has 0 saturated heterocycles. The topological polar surface area (TPSA) is 50.2 Å². The minimum absolute atomic E-state index is 0.0970. The van der Waals surface area contributed by atoms with Gasteiger partial charge in [0.1, 0.15) is 0 Å². The van der Waals surface area contributed by atoms with Crippen LogP contribution in [0.2, 0.25) is 10.0 Å². The van der Waals surface area contributed by atoms with Crippen molar-refractivity contribution in [3.8, 4) is 11.3 Å². The summed E-state index contributed by atoms with van der Waals surface area (Å²) in [7, 11) is 0. The molecular formula is C15H13Cl2NO2. The molecule has 1 heterocycles. The number of carbonyl (C=O) groups is 1. The van der Waals surface area contributed by atoms with Crippen LogP contribution in [0.4, 0.5) is 0 Å². The quantitative estimate of drug-likeness (QED) is 0.911.